The third-order valence-electron chi connectivity index (χ3n) is 4.65. The van der Waals surface area contributed by atoms with Crippen molar-refractivity contribution in [3.05, 3.63) is 63.6 Å². The molecular formula is C21H18ClN3O3. The number of fused-ring (bicyclic) bond motifs is 1. The van der Waals surface area contributed by atoms with E-state index >= 15 is 0 Å². The number of hydrogen-bond donors (Lipinski definition) is 2. The molecule has 0 unspecified atom stereocenters. The first-order valence-corrected chi connectivity index (χ1v) is 9.03. The van der Waals surface area contributed by atoms with Crippen molar-refractivity contribution < 1.29 is 9.63 Å². The molecule has 4 aromatic rings. The Morgan fingerprint density at radius 3 is 2.46 bits per heavy atom. The van der Waals surface area contributed by atoms with Crippen molar-refractivity contribution in [2.75, 3.05) is 19.0 Å². The quantitative estimate of drug-likeness (QED) is 0.530. The van der Waals surface area contributed by atoms with Crippen LogP contribution >= 0.6 is 11.6 Å². The van der Waals surface area contributed by atoms with Crippen LogP contribution in [0.5, 0.6) is 5.75 Å². The standard InChI is InChI=1S/C21H18ClN3O3/c1-11-8-18(24-28-11)19-20(26)15-9-14(16(22)10-17(15)23-21(19)27)12-4-6-13(7-5-12)25(2)3/h4-10H,1-3H3,(H2,23,26,27). The van der Waals surface area contributed by atoms with E-state index in [0.717, 1.165) is 16.8 Å². The van der Waals surface area contributed by atoms with Crippen LogP contribution in [0.4, 0.5) is 5.69 Å². The molecule has 0 aliphatic heterocycles. The van der Waals surface area contributed by atoms with Gasteiger partial charge in [-0.15, -0.1) is 0 Å². The van der Waals surface area contributed by atoms with Crippen molar-refractivity contribution in [1.82, 2.24) is 10.1 Å². The molecule has 0 saturated carbocycles. The highest BCUT2D eigenvalue weighted by Gasteiger charge is 2.19. The lowest BCUT2D eigenvalue weighted by molar-refractivity contribution is 0.399. The second-order valence-corrected chi connectivity index (χ2v) is 7.23. The Labute approximate surface area is 166 Å². The van der Waals surface area contributed by atoms with Crippen LogP contribution in [0.15, 0.2) is 51.8 Å². The van der Waals surface area contributed by atoms with Gasteiger partial charge in [-0.05, 0) is 36.8 Å². The Kier molecular flexibility index (Phi) is 4.35. The number of H-pyrrole nitrogens is 1. The van der Waals surface area contributed by atoms with Gasteiger partial charge in [0.25, 0.3) is 5.56 Å². The van der Waals surface area contributed by atoms with Crippen molar-refractivity contribution in [3.8, 4) is 28.1 Å². The van der Waals surface area contributed by atoms with E-state index < -0.39 is 5.56 Å². The first kappa shape index (κ1) is 18.1. The minimum absolute atomic E-state index is 0.0700. The van der Waals surface area contributed by atoms with E-state index in [4.69, 9.17) is 16.1 Å². The van der Waals surface area contributed by atoms with E-state index in [9.17, 15) is 9.90 Å². The monoisotopic (exact) mass is 395 g/mol. The Hall–Kier alpha value is -3.25. The maximum atomic E-state index is 12.5. The predicted molar refractivity (Wildman–Crippen MR) is 111 cm³/mol. The maximum Gasteiger partial charge on any atom is 0.261 e. The van der Waals surface area contributed by atoms with Gasteiger partial charge in [0.2, 0.25) is 0 Å². The number of rotatable bonds is 3. The molecule has 142 valence electrons. The van der Waals surface area contributed by atoms with Gasteiger partial charge < -0.3 is 19.5 Å². The van der Waals surface area contributed by atoms with Crippen LogP contribution in [-0.4, -0.2) is 29.3 Å². The third-order valence-corrected chi connectivity index (χ3v) is 4.97. The second kappa shape index (κ2) is 6.73. The fourth-order valence-electron chi connectivity index (χ4n) is 3.18. The summed E-state index contributed by atoms with van der Waals surface area (Å²) in [5, 5.41) is 15.6. The molecule has 6 nitrogen and oxygen atoms in total. The number of pyridine rings is 1. The van der Waals surface area contributed by atoms with Crippen LogP contribution in [0.3, 0.4) is 0 Å². The summed E-state index contributed by atoms with van der Waals surface area (Å²) in [6.45, 7) is 1.72. The number of anilines is 1. The number of nitrogens with one attached hydrogen (secondary N) is 1. The zero-order chi connectivity index (χ0) is 20.0. The topological polar surface area (TPSA) is 82.4 Å². The average molecular weight is 396 g/mol. The first-order chi connectivity index (χ1) is 13.3. The maximum absolute atomic E-state index is 12.5. The molecular weight excluding hydrogens is 378 g/mol. The fourth-order valence-corrected chi connectivity index (χ4v) is 3.45. The summed E-state index contributed by atoms with van der Waals surface area (Å²) in [6.07, 6.45) is 0. The van der Waals surface area contributed by atoms with Gasteiger partial charge in [-0.1, -0.05) is 28.9 Å². The van der Waals surface area contributed by atoms with E-state index in [2.05, 4.69) is 10.1 Å². The van der Waals surface area contributed by atoms with Crippen LogP contribution in [-0.2, 0) is 0 Å². The SMILES string of the molecule is Cc1cc(-c2c(O)c3cc(-c4ccc(N(C)C)cc4)c(Cl)cc3[nH]c2=O)no1. The molecule has 0 spiro atoms. The van der Waals surface area contributed by atoms with E-state index in [1.54, 1.807) is 25.1 Å². The van der Waals surface area contributed by atoms with E-state index in [1.165, 1.54) is 0 Å². The molecule has 28 heavy (non-hydrogen) atoms. The first-order valence-electron chi connectivity index (χ1n) is 8.65. The van der Waals surface area contributed by atoms with Crippen molar-refractivity contribution in [2.24, 2.45) is 0 Å². The van der Waals surface area contributed by atoms with Crippen LogP contribution in [0.2, 0.25) is 5.02 Å². The summed E-state index contributed by atoms with van der Waals surface area (Å²) in [7, 11) is 3.94. The molecule has 0 aliphatic carbocycles. The van der Waals surface area contributed by atoms with Crippen LogP contribution in [0.25, 0.3) is 33.3 Å². The highest BCUT2D eigenvalue weighted by atomic mass is 35.5. The molecule has 4 rings (SSSR count). The van der Waals surface area contributed by atoms with Gasteiger partial charge in [0, 0.05) is 36.8 Å². The summed E-state index contributed by atoms with van der Waals surface area (Å²) in [5.41, 5.74) is 3.07. The number of aromatic amines is 1. The van der Waals surface area contributed by atoms with Gasteiger partial charge in [-0.25, -0.2) is 0 Å². The molecule has 7 heteroatoms. The predicted octanol–water partition coefficient (Wildman–Crippen LogP) is 4.58. The summed E-state index contributed by atoms with van der Waals surface area (Å²) in [5.74, 6) is 0.390. The molecule has 2 N–H and O–H groups in total. The lowest BCUT2D eigenvalue weighted by Crippen LogP contribution is -2.09. The molecule has 2 aromatic heterocycles. The molecule has 0 fully saturated rings. The van der Waals surface area contributed by atoms with Gasteiger partial charge >= 0.3 is 0 Å². The number of benzene rings is 2. The zero-order valence-electron chi connectivity index (χ0n) is 15.6. The van der Waals surface area contributed by atoms with Crippen LogP contribution in [0, 0.1) is 6.92 Å². The fraction of sp³-hybridized carbons (Fsp3) is 0.143. The molecule has 0 radical (unpaired) electrons. The van der Waals surface area contributed by atoms with Crippen molar-refractivity contribution in [1.29, 1.82) is 0 Å². The molecule has 0 saturated heterocycles. The highest BCUT2D eigenvalue weighted by Crippen LogP contribution is 2.38. The smallest absolute Gasteiger partial charge is 0.261 e. The van der Waals surface area contributed by atoms with Gasteiger partial charge in [0.1, 0.15) is 22.8 Å². The van der Waals surface area contributed by atoms with Crippen LogP contribution < -0.4 is 10.5 Å². The zero-order valence-corrected chi connectivity index (χ0v) is 16.3. The van der Waals surface area contributed by atoms with Gasteiger partial charge in [0.15, 0.2) is 0 Å². The number of aromatic nitrogens is 2. The number of halogens is 1. The third kappa shape index (κ3) is 3.01. The lowest BCUT2D eigenvalue weighted by atomic mass is 10.0. The normalized spacial score (nSPS) is 11.1. The lowest BCUT2D eigenvalue weighted by Gasteiger charge is -2.14. The summed E-state index contributed by atoms with van der Waals surface area (Å²) < 4.78 is 5.04. The molecule has 0 aliphatic rings. The van der Waals surface area contributed by atoms with E-state index in [0.29, 0.717) is 21.7 Å². The number of aromatic hydroxyl groups is 1. The highest BCUT2D eigenvalue weighted by molar-refractivity contribution is 6.34. The van der Waals surface area contributed by atoms with E-state index in [1.807, 2.05) is 43.3 Å². The Balaban J connectivity index is 1.92. The molecule has 0 atom stereocenters. The number of nitrogens with zero attached hydrogens (tertiary/aromatic N) is 2. The molecule has 2 heterocycles. The second-order valence-electron chi connectivity index (χ2n) is 6.82. The van der Waals surface area contributed by atoms with Gasteiger partial charge in [-0.2, -0.15) is 0 Å². The molecule has 0 bridgehead atoms. The van der Waals surface area contributed by atoms with E-state index in [-0.39, 0.29) is 17.0 Å². The average Bonchev–Trinajstić information content (AvgIpc) is 3.07. The van der Waals surface area contributed by atoms with Crippen molar-refractivity contribution >= 4 is 28.2 Å². The summed E-state index contributed by atoms with van der Waals surface area (Å²) >= 11 is 6.46. The minimum atomic E-state index is -0.461. The number of aryl methyl sites for hydroxylation is 1. The van der Waals surface area contributed by atoms with Crippen molar-refractivity contribution in [3.63, 3.8) is 0 Å². The van der Waals surface area contributed by atoms with Gasteiger partial charge in [0.05, 0.1) is 10.5 Å². The number of hydrogen-bond acceptors (Lipinski definition) is 5. The summed E-state index contributed by atoms with van der Waals surface area (Å²) in [4.78, 5) is 17.3. The molecule has 0 amide bonds. The van der Waals surface area contributed by atoms with Crippen molar-refractivity contribution in [2.45, 2.75) is 6.92 Å². The molecule has 2 aromatic carbocycles. The summed E-state index contributed by atoms with van der Waals surface area (Å²) in [6, 6.07) is 12.9. The Bertz CT molecular complexity index is 1240. The van der Waals surface area contributed by atoms with Crippen LogP contribution in [0.1, 0.15) is 5.76 Å². The largest absolute Gasteiger partial charge is 0.506 e. The Morgan fingerprint density at radius 1 is 1.14 bits per heavy atom. The van der Waals surface area contributed by atoms with Gasteiger partial charge in [-0.3, -0.25) is 4.79 Å². The Morgan fingerprint density at radius 2 is 1.86 bits per heavy atom. The minimum Gasteiger partial charge on any atom is -0.506 e.